The van der Waals surface area contributed by atoms with E-state index >= 15 is 0 Å². The fourth-order valence-corrected chi connectivity index (χ4v) is 6.69. The minimum Gasteiger partial charge on any atom is -0.481 e. The fraction of sp³-hybridized carbons (Fsp3) is 0.333. The number of pyridine rings is 1. The Balaban J connectivity index is 1.58. The lowest BCUT2D eigenvalue weighted by Gasteiger charge is -2.48. The van der Waals surface area contributed by atoms with Gasteiger partial charge in [-0.3, -0.25) is 14.0 Å². The zero-order valence-electron chi connectivity index (χ0n) is 21.8. The van der Waals surface area contributed by atoms with Gasteiger partial charge in [-0.25, -0.2) is 13.4 Å². The number of rotatable bonds is 8. The smallest absolute Gasteiger partial charge is 0.416 e. The molecule has 1 fully saturated rings. The summed E-state index contributed by atoms with van der Waals surface area (Å²) < 4.78 is 99.3. The average Bonchev–Trinajstić information content (AvgIpc) is 2.94. The van der Waals surface area contributed by atoms with E-state index in [9.17, 15) is 35.2 Å². The van der Waals surface area contributed by atoms with Crippen molar-refractivity contribution >= 4 is 27.5 Å². The number of aromatic nitrogens is 1. The third-order valence-electron chi connectivity index (χ3n) is 7.12. The molecule has 1 saturated heterocycles. The SMILES string of the molecule is O=C(O)CCN1CCN2c3ncc(-c4cccc(OC(F)F)c4)cc3N(S(=O)(=O)c3cccc(C(F)(F)F)c3)C[C@@H]2C1. The summed E-state index contributed by atoms with van der Waals surface area (Å²) in [4.78, 5) is 18.8. The number of fused-ring (bicyclic) bond motifs is 3. The highest BCUT2D eigenvalue weighted by Gasteiger charge is 2.41. The van der Waals surface area contributed by atoms with Crippen LogP contribution in [0.25, 0.3) is 11.1 Å². The van der Waals surface area contributed by atoms with Gasteiger partial charge in [0.25, 0.3) is 10.0 Å². The Morgan fingerprint density at radius 1 is 1.05 bits per heavy atom. The number of alkyl halides is 5. The number of carbonyl (C=O) groups is 1. The van der Waals surface area contributed by atoms with Crippen LogP contribution in [0, 0.1) is 0 Å². The minimum atomic E-state index is -4.77. The van der Waals surface area contributed by atoms with Crippen molar-refractivity contribution in [2.75, 3.05) is 41.9 Å². The summed E-state index contributed by atoms with van der Waals surface area (Å²) in [6.45, 7) is -1.76. The Morgan fingerprint density at radius 2 is 1.81 bits per heavy atom. The molecule has 5 rings (SSSR count). The first kappa shape index (κ1) is 29.5. The van der Waals surface area contributed by atoms with Crippen molar-refractivity contribution in [1.82, 2.24) is 9.88 Å². The van der Waals surface area contributed by atoms with Crippen LogP contribution in [0.4, 0.5) is 33.5 Å². The summed E-state index contributed by atoms with van der Waals surface area (Å²) in [6, 6.07) is 10.2. The third-order valence-corrected chi connectivity index (χ3v) is 8.89. The van der Waals surface area contributed by atoms with Crippen molar-refractivity contribution in [1.29, 1.82) is 0 Å². The lowest BCUT2D eigenvalue weighted by Crippen LogP contribution is -2.61. The van der Waals surface area contributed by atoms with Gasteiger partial charge in [0.15, 0.2) is 5.82 Å². The van der Waals surface area contributed by atoms with E-state index in [0.717, 1.165) is 22.5 Å². The maximum atomic E-state index is 13.9. The van der Waals surface area contributed by atoms with E-state index in [1.54, 1.807) is 6.07 Å². The van der Waals surface area contributed by atoms with Gasteiger partial charge in [0, 0.05) is 37.9 Å². The first-order chi connectivity index (χ1) is 19.8. The van der Waals surface area contributed by atoms with Crippen LogP contribution in [0.1, 0.15) is 12.0 Å². The zero-order chi connectivity index (χ0) is 30.2. The normalized spacial score (nSPS) is 17.6. The molecule has 42 heavy (non-hydrogen) atoms. The first-order valence-electron chi connectivity index (χ1n) is 12.8. The standard InChI is InChI=1S/C27H25F5N4O5S/c28-26(29)41-21-5-1-3-17(11-21)18-12-23-25(33-14-18)35-10-9-34(8-7-24(37)38)15-20(35)16-36(23)42(39,40)22-6-2-4-19(13-22)27(30,31)32/h1-6,11-14,20,26H,7-10,15-16H2,(H,37,38)/t20-/m0/s1. The topological polar surface area (TPSA) is 103 Å². The van der Waals surface area contributed by atoms with E-state index in [-0.39, 0.29) is 36.8 Å². The molecule has 2 aromatic carbocycles. The molecule has 0 bridgehead atoms. The van der Waals surface area contributed by atoms with Crippen LogP contribution in [0.15, 0.2) is 65.7 Å². The summed E-state index contributed by atoms with van der Waals surface area (Å²) in [5, 5.41) is 9.08. The number of benzene rings is 2. The van der Waals surface area contributed by atoms with E-state index in [4.69, 9.17) is 5.11 Å². The number of halogens is 5. The van der Waals surface area contributed by atoms with Gasteiger partial charge in [-0.15, -0.1) is 0 Å². The van der Waals surface area contributed by atoms with Gasteiger partial charge >= 0.3 is 18.8 Å². The van der Waals surface area contributed by atoms with Gasteiger partial charge in [-0.05, 0) is 42.0 Å². The molecular weight excluding hydrogens is 587 g/mol. The molecular formula is C27H25F5N4O5S. The van der Waals surface area contributed by atoms with Crippen LogP contribution in [0.2, 0.25) is 0 Å². The molecule has 0 radical (unpaired) electrons. The van der Waals surface area contributed by atoms with E-state index < -0.39 is 45.3 Å². The van der Waals surface area contributed by atoms with E-state index in [1.165, 1.54) is 30.5 Å². The van der Waals surface area contributed by atoms with E-state index in [1.807, 2.05) is 9.80 Å². The molecule has 3 aromatic rings. The number of piperazine rings is 1. The van der Waals surface area contributed by atoms with Crippen molar-refractivity contribution < 1.29 is 45.0 Å². The molecule has 0 spiro atoms. The van der Waals surface area contributed by atoms with Crippen LogP contribution < -0.4 is 13.9 Å². The number of carboxylic acids is 1. The van der Waals surface area contributed by atoms with E-state index in [2.05, 4.69) is 9.72 Å². The number of hydrogen-bond donors (Lipinski definition) is 1. The highest BCUT2D eigenvalue weighted by molar-refractivity contribution is 7.92. The Hall–Kier alpha value is -3.98. The van der Waals surface area contributed by atoms with Crippen LogP contribution in [-0.2, 0) is 21.0 Å². The van der Waals surface area contributed by atoms with Crippen molar-refractivity contribution in [3.05, 3.63) is 66.4 Å². The van der Waals surface area contributed by atoms with Crippen molar-refractivity contribution in [3.8, 4) is 16.9 Å². The van der Waals surface area contributed by atoms with Crippen LogP contribution in [0.3, 0.4) is 0 Å². The lowest BCUT2D eigenvalue weighted by atomic mass is 10.0. The number of aliphatic carboxylic acids is 1. The number of anilines is 2. The van der Waals surface area contributed by atoms with Gasteiger partial charge in [0.05, 0.1) is 35.2 Å². The molecule has 2 aliphatic heterocycles. The molecule has 3 heterocycles. The maximum absolute atomic E-state index is 13.9. The average molecular weight is 613 g/mol. The molecule has 0 unspecified atom stereocenters. The number of hydrogen-bond acceptors (Lipinski definition) is 7. The van der Waals surface area contributed by atoms with Gasteiger partial charge in [-0.1, -0.05) is 18.2 Å². The van der Waals surface area contributed by atoms with Gasteiger partial charge in [0.1, 0.15) is 5.75 Å². The number of nitrogens with zero attached hydrogens (tertiary/aromatic N) is 4. The molecule has 1 N–H and O–H groups in total. The minimum absolute atomic E-state index is 0.106. The van der Waals surface area contributed by atoms with Gasteiger partial charge < -0.3 is 14.7 Å². The summed E-state index contributed by atoms with van der Waals surface area (Å²) in [7, 11) is -4.54. The molecule has 2 aliphatic rings. The predicted molar refractivity (Wildman–Crippen MR) is 142 cm³/mol. The van der Waals surface area contributed by atoms with Crippen LogP contribution >= 0.6 is 0 Å². The zero-order valence-corrected chi connectivity index (χ0v) is 22.7. The Morgan fingerprint density at radius 3 is 2.52 bits per heavy atom. The third kappa shape index (κ3) is 6.11. The number of sulfonamides is 1. The lowest BCUT2D eigenvalue weighted by molar-refractivity contribution is -0.138. The molecule has 15 heteroatoms. The monoisotopic (exact) mass is 612 g/mol. The van der Waals surface area contributed by atoms with Gasteiger partial charge in [0.2, 0.25) is 0 Å². The summed E-state index contributed by atoms with van der Waals surface area (Å²) in [5.74, 6) is -0.813. The largest absolute Gasteiger partial charge is 0.481 e. The maximum Gasteiger partial charge on any atom is 0.416 e. The van der Waals surface area contributed by atoms with E-state index in [0.29, 0.717) is 36.8 Å². The molecule has 1 atom stereocenters. The summed E-state index contributed by atoms with van der Waals surface area (Å²) in [5.41, 5.74) is -0.236. The predicted octanol–water partition coefficient (Wildman–Crippen LogP) is 4.54. The molecule has 0 saturated carbocycles. The molecule has 0 amide bonds. The summed E-state index contributed by atoms with van der Waals surface area (Å²) >= 11 is 0. The molecule has 224 valence electrons. The quantitative estimate of drug-likeness (QED) is 0.370. The fourth-order valence-electron chi connectivity index (χ4n) is 5.15. The molecule has 9 nitrogen and oxygen atoms in total. The second kappa shape index (κ2) is 11.4. The Kier molecular flexibility index (Phi) is 7.98. The molecule has 0 aliphatic carbocycles. The van der Waals surface area contributed by atoms with Gasteiger partial charge in [-0.2, -0.15) is 22.0 Å². The van der Waals surface area contributed by atoms with Crippen LogP contribution in [0.5, 0.6) is 5.75 Å². The molecule has 1 aromatic heterocycles. The Bertz CT molecular complexity index is 1590. The van der Waals surface area contributed by atoms with Crippen LogP contribution in [-0.4, -0.2) is 74.8 Å². The number of carboxylic acid groups (broad SMARTS) is 1. The summed E-state index contributed by atoms with van der Waals surface area (Å²) in [6.07, 6.45) is -3.42. The second-order valence-electron chi connectivity index (χ2n) is 9.83. The van der Waals surface area contributed by atoms with Crippen molar-refractivity contribution in [2.45, 2.75) is 30.1 Å². The first-order valence-corrected chi connectivity index (χ1v) is 14.2. The van der Waals surface area contributed by atoms with Crippen molar-refractivity contribution in [3.63, 3.8) is 0 Å². The number of ether oxygens (including phenoxy) is 1. The Labute approximate surface area is 237 Å². The van der Waals surface area contributed by atoms with Crippen molar-refractivity contribution in [2.24, 2.45) is 0 Å². The second-order valence-corrected chi connectivity index (χ2v) is 11.7. The highest BCUT2D eigenvalue weighted by Crippen LogP contribution is 2.41. The highest BCUT2D eigenvalue weighted by atomic mass is 32.2.